The molecule has 18 heavy (non-hydrogen) atoms. The molecule has 0 aliphatic heterocycles. The molecule has 0 N–H and O–H groups in total. The van der Waals surface area contributed by atoms with Gasteiger partial charge in [0.15, 0.2) is 0 Å². The molecule has 0 aliphatic rings. The lowest BCUT2D eigenvalue weighted by Crippen LogP contribution is -2.24. The lowest BCUT2D eigenvalue weighted by atomic mass is 10.1. The second-order valence-corrected chi connectivity index (χ2v) is 4.88. The van der Waals surface area contributed by atoms with Crippen LogP contribution in [0.1, 0.15) is 25.8 Å². The average molecular weight is 247 g/mol. The Morgan fingerprint density at radius 2 is 1.89 bits per heavy atom. The summed E-state index contributed by atoms with van der Waals surface area (Å²) in [5.41, 5.74) is 1.38. The maximum atomic E-state index is 5.57. The zero-order valence-electron chi connectivity index (χ0n) is 12.0. The largest absolute Gasteiger partial charge is 0.490 e. The monoisotopic (exact) mass is 247 g/mol. The normalized spacial score (nSPS) is 13.2. The van der Waals surface area contributed by atoms with Crippen LogP contribution in [0.25, 0.3) is 0 Å². The predicted molar refractivity (Wildman–Crippen MR) is 78.2 cm³/mol. The van der Waals surface area contributed by atoms with Crippen molar-refractivity contribution in [3.05, 3.63) is 42.0 Å². The highest BCUT2D eigenvalue weighted by molar-refractivity contribution is 5.27. The van der Waals surface area contributed by atoms with E-state index in [2.05, 4.69) is 50.2 Å². The van der Waals surface area contributed by atoms with E-state index in [1.807, 2.05) is 19.1 Å². The van der Waals surface area contributed by atoms with Crippen LogP contribution in [0.5, 0.6) is 5.75 Å². The molecule has 0 aromatic heterocycles. The Morgan fingerprint density at radius 1 is 1.22 bits per heavy atom. The van der Waals surface area contributed by atoms with Gasteiger partial charge >= 0.3 is 0 Å². The highest BCUT2D eigenvalue weighted by Gasteiger charge is 2.04. The number of ether oxygens (including phenoxy) is 1. The SMILES string of the molecule is C/C=C/COc1ccc(CCC(C)N(C)C)cc1. The van der Waals surface area contributed by atoms with Crippen molar-refractivity contribution in [1.29, 1.82) is 0 Å². The first kappa shape index (κ1) is 14.8. The van der Waals surface area contributed by atoms with Gasteiger partial charge in [-0.25, -0.2) is 0 Å². The fourth-order valence-electron chi connectivity index (χ4n) is 1.63. The molecule has 1 aromatic carbocycles. The van der Waals surface area contributed by atoms with Gasteiger partial charge < -0.3 is 9.64 Å². The zero-order valence-corrected chi connectivity index (χ0v) is 12.0. The lowest BCUT2D eigenvalue weighted by molar-refractivity contribution is 0.299. The van der Waals surface area contributed by atoms with Gasteiger partial charge in [0.05, 0.1) is 0 Å². The van der Waals surface area contributed by atoms with E-state index in [1.54, 1.807) is 0 Å². The summed E-state index contributed by atoms with van der Waals surface area (Å²) in [5, 5.41) is 0. The molecule has 0 bridgehead atoms. The van der Waals surface area contributed by atoms with Crippen molar-refractivity contribution < 1.29 is 4.74 Å². The summed E-state index contributed by atoms with van der Waals surface area (Å²) in [6.45, 7) is 4.90. The van der Waals surface area contributed by atoms with Gasteiger partial charge in [0, 0.05) is 6.04 Å². The van der Waals surface area contributed by atoms with Crippen LogP contribution in [0.3, 0.4) is 0 Å². The fourth-order valence-corrected chi connectivity index (χ4v) is 1.63. The number of hydrogen-bond donors (Lipinski definition) is 0. The summed E-state index contributed by atoms with van der Waals surface area (Å²) in [7, 11) is 4.26. The van der Waals surface area contributed by atoms with Crippen LogP contribution in [-0.2, 0) is 6.42 Å². The third-order valence-electron chi connectivity index (χ3n) is 3.24. The molecule has 0 heterocycles. The van der Waals surface area contributed by atoms with Crippen molar-refractivity contribution in [2.75, 3.05) is 20.7 Å². The molecule has 0 aliphatic carbocycles. The van der Waals surface area contributed by atoms with Gasteiger partial charge in [-0.2, -0.15) is 0 Å². The summed E-state index contributed by atoms with van der Waals surface area (Å²) >= 11 is 0. The first-order valence-electron chi connectivity index (χ1n) is 6.62. The average Bonchev–Trinajstić information content (AvgIpc) is 2.37. The van der Waals surface area contributed by atoms with Crippen LogP contribution >= 0.6 is 0 Å². The maximum Gasteiger partial charge on any atom is 0.119 e. The molecule has 0 saturated carbocycles. The second-order valence-electron chi connectivity index (χ2n) is 4.88. The Kier molecular flexibility index (Phi) is 6.51. The van der Waals surface area contributed by atoms with Crippen molar-refractivity contribution in [3.8, 4) is 5.75 Å². The van der Waals surface area contributed by atoms with Gasteiger partial charge in [-0.1, -0.05) is 24.3 Å². The Balaban J connectivity index is 2.40. The first-order chi connectivity index (χ1) is 8.63. The van der Waals surface area contributed by atoms with E-state index in [4.69, 9.17) is 4.74 Å². The molecule has 0 radical (unpaired) electrons. The van der Waals surface area contributed by atoms with Crippen molar-refractivity contribution in [2.24, 2.45) is 0 Å². The molecular formula is C16H25NO. The highest BCUT2D eigenvalue weighted by Crippen LogP contribution is 2.14. The van der Waals surface area contributed by atoms with Crippen LogP contribution in [0.15, 0.2) is 36.4 Å². The second kappa shape index (κ2) is 7.93. The van der Waals surface area contributed by atoms with Gasteiger partial charge in [0.1, 0.15) is 12.4 Å². The Labute approximate surface area is 111 Å². The first-order valence-corrected chi connectivity index (χ1v) is 6.62. The van der Waals surface area contributed by atoms with Crippen LogP contribution in [0.2, 0.25) is 0 Å². The molecule has 1 rings (SSSR count). The van der Waals surface area contributed by atoms with Gasteiger partial charge in [-0.3, -0.25) is 0 Å². The van der Waals surface area contributed by atoms with E-state index in [-0.39, 0.29) is 0 Å². The zero-order chi connectivity index (χ0) is 13.4. The van der Waals surface area contributed by atoms with E-state index in [9.17, 15) is 0 Å². The Hall–Kier alpha value is -1.28. The molecule has 100 valence electrons. The van der Waals surface area contributed by atoms with Crippen LogP contribution in [0.4, 0.5) is 0 Å². The molecule has 0 spiro atoms. The van der Waals surface area contributed by atoms with E-state index in [0.29, 0.717) is 12.6 Å². The van der Waals surface area contributed by atoms with Crippen molar-refractivity contribution in [1.82, 2.24) is 4.90 Å². The summed E-state index contributed by atoms with van der Waals surface area (Å²) in [5.74, 6) is 0.942. The summed E-state index contributed by atoms with van der Waals surface area (Å²) in [6.07, 6.45) is 6.31. The topological polar surface area (TPSA) is 12.5 Å². The summed E-state index contributed by atoms with van der Waals surface area (Å²) < 4.78 is 5.57. The van der Waals surface area contributed by atoms with Gasteiger partial charge in [-0.15, -0.1) is 0 Å². The molecule has 0 amide bonds. The number of benzene rings is 1. The van der Waals surface area contributed by atoms with Crippen LogP contribution in [0, 0.1) is 0 Å². The number of hydrogen-bond acceptors (Lipinski definition) is 2. The molecule has 0 fully saturated rings. The van der Waals surface area contributed by atoms with E-state index < -0.39 is 0 Å². The quantitative estimate of drug-likeness (QED) is 0.683. The third-order valence-corrected chi connectivity index (χ3v) is 3.24. The standard InChI is InChI=1S/C16H25NO/c1-5-6-13-18-16-11-9-15(10-12-16)8-7-14(2)17(3)4/h5-6,9-12,14H,7-8,13H2,1-4H3/b6-5+. The van der Waals surface area contributed by atoms with Crippen molar-refractivity contribution in [3.63, 3.8) is 0 Å². The molecular weight excluding hydrogens is 222 g/mol. The highest BCUT2D eigenvalue weighted by atomic mass is 16.5. The molecule has 2 nitrogen and oxygen atoms in total. The van der Waals surface area contributed by atoms with E-state index >= 15 is 0 Å². The summed E-state index contributed by atoms with van der Waals surface area (Å²) in [4.78, 5) is 2.26. The molecule has 0 saturated heterocycles. The van der Waals surface area contributed by atoms with E-state index in [1.165, 1.54) is 12.0 Å². The number of rotatable bonds is 7. The third kappa shape index (κ3) is 5.37. The van der Waals surface area contributed by atoms with E-state index in [0.717, 1.165) is 12.2 Å². The predicted octanol–water partition coefficient (Wildman–Crippen LogP) is 3.52. The lowest BCUT2D eigenvalue weighted by Gasteiger charge is -2.19. The maximum absolute atomic E-state index is 5.57. The van der Waals surface area contributed by atoms with Crippen LogP contribution < -0.4 is 4.74 Å². The van der Waals surface area contributed by atoms with Crippen molar-refractivity contribution in [2.45, 2.75) is 32.7 Å². The molecule has 1 atom stereocenters. The van der Waals surface area contributed by atoms with Gasteiger partial charge in [0.2, 0.25) is 0 Å². The fraction of sp³-hybridized carbons (Fsp3) is 0.500. The smallest absolute Gasteiger partial charge is 0.119 e. The van der Waals surface area contributed by atoms with Crippen molar-refractivity contribution >= 4 is 0 Å². The van der Waals surface area contributed by atoms with Gasteiger partial charge in [0.25, 0.3) is 0 Å². The number of allylic oxidation sites excluding steroid dienone is 1. The molecule has 2 heteroatoms. The van der Waals surface area contributed by atoms with Crippen LogP contribution in [-0.4, -0.2) is 31.6 Å². The number of aryl methyl sites for hydroxylation is 1. The summed E-state index contributed by atoms with van der Waals surface area (Å²) in [6, 6.07) is 9.05. The number of nitrogens with zero attached hydrogens (tertiary/aromatic N) is 1. The molecule has 1 unspecified atom stereocenters. The minimum atomic E-state index is 0.621. The Morgan fingerprint density at radius 3 is 2.44 bits per heavy atom. The Bertz CT molecular complexity index is 354. The van der Waals surface area contributed by atoms with Gasteiger partial charge in [-0.05, 0) is 58.5 Å². The minimum Gasteiger partial charge on any atom is -0.490 e. The molecule has 1 aromatic rings. The minimum absolute atomic E-state index is 0.621.